The number of carbonyl (C=O) groups is 2. The van der Waals surface area contributed by atoms with E-state index in [0.717, 1.165) is 17.7 Å². The zero-order chi connectivity index (χ0) is 15.4. The highest BCUT2D eigenvalue weighted by molar-refractivity contribution is 5.92. The van der Waals surface area contributed by atoms with E-state index < -0.39 is 5.97 Å². The van der Waals surface area contributed by atoms with Gasteiger partial charge in [-0.25, -0.2) is 9.78 Å². The summed E-state index contributed by atoms with van der Waals surface area (Å²) in [5.74, 6) is -1.31. The molecule has 2 heterocycles. The molecule has 0 atom stereocenters. The molecule has 0 unspecified atom stereocenters. The summed E-state index contributed by atoms with van der Waals surface area (Å²) >= 11 is 0. The van der Waals surface area contributed by atoms with Crippen LogP contribution in [-0.2, 0) is 20.0 Å². The Balaban J connectivity index is 2.00. The summed E-state index contributed by atoms with van der Waals surface area (Å²) < 4.78 is 1.54. The van der Waals surface area contributed by atoms with E-state index in [2.05, 4.69) is 15.4 Å². The van der Waals surface area contributed by atoms with Crippen molar-refractivity contribution in [3.63, 3.8) is 0 Å². The van der Waals surface area contributed by atoms with Gasteiger partial charge in [-0.1, -0.05) is 13.0 Å². The second kappa shape index (κ2) is 6.17. The van der Waals surface area contributed by atoms with Gasteiger partial charge in [0.1, 0.15) is 11.4 Å². The molecule has 0 aliphatic heterocycles. The summed E-state index contributed by atoms with van der Waals surface area (Å²) in [6.07, 6.45) is 2.20. The van der Waals surface area contributed by atoms with Gasteiger partial charge >= 0.3 is 5.97 Å². The first-order valence-electron chi connectivity index (χ1n) is 6.50. The Morgan fingerprint density at radius 2 is 2.14 bits per heavy atom. The molecule has 0 aliphatic rings. The molecule has 2 N–H and O–H groups in total. The Bertz CT molecular complexity index is 661. The number of hydrogen-bond donors (Lipinski definition) is 2. The number of nitrogens with one attached hydrogen (secondary N) is 1. The fraction of sp³-hybridized carbons (Fsp3) is 0.286. The second-order valence-corrected chi connectivity index (χ2v) is 4.54. The van der Waals surface area contributed by atoms with Crippen LogP contribution in [0.15, 0.2) is 24.4 Å². The summed E-state index contributed by atoms with van der Waals surface area (Å²) in [7, 11) is 1.72. The molecule has 2 aromatic heterocycles. The number of pyridine rings is 1. The highest BCUT2D eigenvalue weighted by atomic mass is 16.4. The highest BCUT2D eigenvalue weighted by Gasteiger charge is 2.12. The molecule has 0 spiro atoms. The fourth-order valence-corrected chi connectivity index (χ4v) is 1.84. The van der Waals surface area contributed by atoms with E-state index in [1.54, 1.807) is 23.9 Å². The largest absolute Gasteiger partial charge is 0.477 e. The maximum absolute atomic E-state index is 12.1. The van der Waals surface area contributed by atoms with E-state index in [4.69, 9.17) is 5.11 Å². The van der Waals surface area contributed by atoms with E-state index in [9.17, 15) is 9.59 Å². The van der Waals surface area contributed by atoms with Gasteiger partial charge in [0.2, 0.25) is 0 Å². The monoisotopic (exact) mass is 288 g/mol. The van der Waals surface area contributed by atoms with Crippen molar-refractivity contribution in [2.75, 3.05) is 0 Å². The van der Waals surface area contributed by atoms with Gasteiger partial charge in [-0.15, -0.1) is 0 Å². The van der Waals surface area contributed by atoms with Crippen molar-refractivity contribution in [1.82, 2.24) is 20.1 Å². The lowest BCUT2D eigenvalue weighted by molar-refractivity contribution is 0.0690. The minimum atomic E-state index is -1.08. The van der Waals surface area contributed by atoms with Crippen molar-refractivity contribution < 1.29 is 14.7 Å². The van der Waals surface area contributed by atoms with E-state index in [1.165, 1.54) is 12.3 Å². The van der Waals surface area contributed by atoms with Gasteiger partial charge in [0, 0.05) is 19.8 Å². The molecule has 1 amide bonds. The van der Waals surface area contributed by atoms with Gasteiger partial charge in [0.15, 0.2) is 0 Å². The van der Waals surface area contributed by atoms with Crippen LogP contribution in [0.3, 0.4) is 0 Å². The Morgan fingerprint density at radius 3 is 2.67 bits per heavy atom. The minimum absolute atomic E-state index is 0.0238. The number of carboxylic acids is 1. The lowest BCUT2D eigenvalue weighted by atomic mass is 10.2. The first-order chi connectivity index (χ1) is 10.0. The number of carboxylic acid groups (broad SMARTS) is 1. The van der Waals surface area contributed by atoms with Crippen LogP contribution in [0.5, 0.6) is 0 Å². The summed E-state index contributed by atoms with van der Waals surface area (Å²) in [6.45, 7) is 2.25. The molecule has 7 heteroatoms. The predicted molar refractivity (Wildman–Crippen MR) is 75.0 cm³/mol. The molecular formula is C14H16N4O3. The van der Waals surface area contributed by atoms with Crippen LogP contribution < -0.4 is 5.32 Å². The number of aromatic carboxylic acids is 1. The number of amides is 1. The maximum Gasteiger partial charge on any atom is 0.354 e. The normalized spacial score (nSPS) is 10.4. The van der Waals surface area contributed by atoms with Gasteiger partial charge in [0.05, 0.1) is 5.69 Å². The van der Waals surface area contributed by atoms with Gasteiger partial charge in [0.25, 0.3) is 5.91 Å². The third kappa shape index (κ3) is 3.44. The van der Waals surface area contributed by atoms with Gasteiger partial charge in [-0.05, 0) is 24.1 Å². The number of rotatable bonds is 5. The average Bonchev–Trinajstić information content (AvgIpc) is 2.86. The molecule has 21 heavy (non-hydrogen) atoms. The summed E-state index contributed by atoms with van der Waals surface area (Å²) in [5, 5.41) is 15.7. The van der Waals surface area contributed by atoms with Gasteiger partial charge in [-0.3, -0.25) is 9.48 Å². The minimum Gasteiger partial charge on any atom is -0.477 e. The van der Waals surface area contributed by atoms with E-state index in [1.807, 2.05) is 6.92 Å². The van der Waals surface area contributed by atoms with E-state index >= 15 is 0 Å². The predicted octanol–water partition coefficient (Wildman–Crippen LogP) is 1.01. The molecule has 110 valence electrons. The van der Waals surface area contributed by atoms with Crippen LogP contribution >= 0.6 is 0 Å². The Morgan fingerprint density at radius 1 is 1.38 bits per heavy atom. The van der Waals surface area contributed by atoms with Crippen molar-refractivity contribution in [2.24, 2.45) is 7.05 Å². The molecule has 0 saturated heterocycles. The first-order valence-corrected chi connectivity index (χ1v) is 6.50. The third-order valence-electron chi connectivity index (χ3n) is 3.02. The topological polar surface area (TPSA) is 97.1 Å². The molecule has 2 rings (SSSR count). The highest BCUT2D eigenvalue weighted by Crippen LogP contribution is 2.05. The number of aryl methyl sites for hydroxylation is 2. The molecule has 2 aromatic rings. The summed E-state index contributed by atoms with van der Waals surface area (Å²) in [6, 6.07) is 4.78. The number of hydrogen-bond acceptors (Lipinski definition) is 4. The molecule has 0 aromatic carbocycles. The van der Waals surface area contributed by atoms with Crippen LogP contribution in [0.25, 0.3) is 0 Å². The zero-order valence-electron chi connectivity index (χ0n) is 11.8. The molecule has 0 aliphatic carbocycles. The third-order valence-corrected chi connectivity index (χ3v) is 3.02. The maximum atomic E-state index is 12.1. The van der Waals surface area contributed by atoms with Crippen molar-refractivity contribution in [3.8, 4) is 0 Å². The molecule has 0 saturated carbocycles. The van der Waals surface area contributed by atoms with Gasteiger partial charge in [-0.2, -0.15) is 5.10 Å². The number of aromatic nitrogens is 3. The summed E-state index contributed by atoms with van der Waals surface area (Å²) in [5.41, 5.74) is 2.05. The molecule has 0 radical (unpaired) electrons. The van der Waals surface area contributed by atoms with Crippen molar-refractivity contribution in [1.29, 1.82) is 0 Å². The smallest absolute Gasteiger partial charge is 0.354 e. The van der Waals surface area contributed by atoms with E-state index in [-0.39, 0.29) is 18.1 Å². The van der Waals surface area contributed by atoms with Crippen LogP contribution in [0.2, 0.25) is 0 Å². The Labute approximate surface area is 121 Å². The van der Waals surface area contributed by atoms with Crippen molar-refractivity contribution in [3.05, 3.63) is 47.0 Å². The second-order valence-electron chi connectivity index (χ2n) is 4.54. The quantitative estimate of drug-likeness (QED) is 0.855. The van der Waals surface area contributed by atoms with Gasteiger partial charge < -0.3 is 10.4 Å². The van der Waals surface area contributed by atoms with Crippen LogP contribution in [-0.4, -0.2) is 31.7 Å². The lowest BCUT2D eigenvalue weighted by Gasteiger charge is -2.05. The SMILES string of the molecule is CCc1cc(C(=O)NCc2ccc(C(=O)O)nc2)n(C)n1. The van der Waals surface area contributed by atoms with Crippen molar-refractivity contribution >= 4 is 11.9 Å². The van der Waals surface area contributed by atoms with E-state index in [0.29, 0.717) is 5.69 Å². The fourth-order valence-electron chi connectivity index (χ4n) is 1.84. The molecule has 0 bridgehead atoms. The Kier molecular flexibility index (Phi) is 4.32. The van der Waals surface area contributed by atoms with Crippen LogP contribution in [0.4, 0.5) is 0 Å². The number of carbonyl (C=O) groups excluding carboxylic acids is 1. The van der Waals surface area contributed by atoms with Crippen LogP contribution in [0, 0.1) is 0 Å². The molecule has 7 nitrogen and oxygen atoms in total. The zero-order valence-corrected chi connectivity index (χ0v) is 11.8. The van der Waals surface area contributed by atoms with Crippen LogP contribution in [0.1, 0.15) is 39.2 Å². The van der Waals surface area contributed by atoms with Crippen molar-refractivity contribution in [2.45, 2.75) is 19.9 Å². The standard InChI is InChI=1S/C14H16N4O3/c1-3-10-6-12(18(2)17-10)13(19)16-8-9-4-5-11(14(20)21)15-7-9/h4-7H,3,8H2,1-2H3,(H,16,19)(H,20,21). The first kappa shape index (κ1) is 14.7. The molecular weight excluding hydrogens is 272 g/mol. The summed E-state index contributed by atoms with van der Waals surface area (Å²) in [4.78, 5) is 26.5. The Hall–Kier alpha value is -2.70. The number of nitrogens with zero attached hydrogens (tertiary/aromatic N) is 3. The lowest BCUT2D eigenvalue weighted by Crippen LogP contribution is -2.25. The average molecular weight is 288 g/mol. The molecule has 0 fully saturated rings.